The van der Waals surface area contributed by atoms with E-state index < -0.39 is 9.84 Å². The van der Waals surface area contributed by atoms with Crippen molar-refractivity contribution < 1.29 is 13.2 Å². The Kier molecular flexibility index (Phi) is 4.25. The zero-order chi connectivity index (χ0) is 14.6. The highest BCUT2D eigenvalue weighted by Crippen LogP contribution is 2.11. The molecule has 2 rings (SSSR count). The Morgan fingerprint density at radius 1 is 1.45 bits per heavy atom. The summed E-state index contributed by atoms with van der Waals surface area (Å²) in [6, 6.07) is 8.53. The number of nitriles is 1. The fraction of sp³-hybridized carbons (Fsp3) is 0.385. The van der Waals surface area contributed by atoms with E-state index in [1.807, 2.05) is 6.07 Å². The van der Waals surface area contributed by atoms with Gasteiger partial charge in [-0.15, -0.1) is 0 Å². The molecule has 2 N–H and O–H groups in total. The van der Waals surface area contributed by atoms with Gasteiger partial charge in [0.25, 0.3) is 0 Å². The van der Waals surface area contributed by atoms with Crippen LogP contribution >= 0.6 is 0 Å². The lowest BCUT2D eigenvalue weighted by Gasteiger charge is -2.12. The van der Waals surface area contributed by atoms with Gasteiger partial charge in [0.1, 0.15) is 0 Å². The molecule has 1 aromatic rings. The average Bonchev–Trinajstić information content (AvgIpc) is 2.76. The lowest BCUT2D eigenvalue weighted by atomic mass is 10.2. The number of carbonyl (C=O) groups excluding carboxylic acids is 1. The molecule has 1 aliphatic rings. The van der Waals surface area contributed by atoms with Crippen LogP contribution in [0.3, 0.4) is 0 Å². The molecule has 1 amide bonds. The van der Waals surface area contributed by atoms with Crippen LogP contribution in [0.4, 0.5) is 5.69 Å². The number of carbonyl (C=O) groups is 1. The van der Waals surface area contributed by atoms with Crippen LogP contribution in [0.25, 0.3) is 0 Å². The highest BCUT2D eigenvalue weighted by Gasteiger charge is 2.28. The van der Waals surface area contributed by atoms with Gasteiger partial charge >= 0.3 is 0 Å². The standard InChI is InChI=1S/C13H15N3O3S/c14-7-10-2-1-3-11(6-10)15-8-13(17)16-12-4-5-20(18,19)9-12/h1-3,6,12,15H,4-5,8-9H2,(H,16,17). The van der Waals surface area contributed by atoms with E-state index in [9.17, 15) is 13.2 Å². The second-order valence-corrected chi connectivity index (χ2v) is 6.94. The molecular weight excluding hydrogens is 278 g/mol. The summed E-state index contributed by atoms with van der Waals surface area (Å²) in [5, 5.41) is 14.4. The van der Waals surface area contributed by atoms with Gasteiger partial charge < -0.3 is 10.6 Å². The third-order valence-electron chi connectivity index (χ3n) is 3.04. The van der Waals surface area contributed by atoms with Gasteiger partial charge in [-0.2, -0.15) is 5.26 Å². The van der Waals surface area contributed by atoms with Crippen molar-refractivity contribution >= 4 is 21.4 Å². The molecule has 1 fully saturated rings. The highest BCUT2D eigenvalue weighted by atomic mass is 32.2. The molecule has 0 bridgehead atoms. The third kappa shape index (κ3) is 3.96. The molecule has 1 atom stereocenters. The summed E-state index contributed by atoms with van der Waals surface area (Å²) < 4.78 is 22.5. The van der Waals surface area contributed by atoms with Crippen molar-refractivity contribution in [2.45, 2.75) is 12.5 Å². The largest absolute Gasteiger partial charge is 0.376 e. The molecule has 1 heterocycles. The van der Waals surface area contributed by atoms with Crippen LogP contribution in [0.2, 0.25) is 0 Å². The molecule has 0 aliphatic carbocycles. The van der Waals surface area contributed by atoms with Crippen LogP contribution in [-0.4, -0.2) is 38.4 Å². The second-order valence-electron chi connectivity index (χ2n) is 4.71. The number of nitrogens with one attached hydrogen (secondary N) is 2. The van der Waals surface area contributed by atoms with Gasteiger partial charge in [-0.3, -0.25) is 4.79 Å². The lowest BCUT2D eigenvalue weighted by molar-refractivity contribution is -0.119. The molecule has 20 heavy (non-hydrogen) atoms. The van der Waals surface area contributed by atoms with Crippen molar-refractivity contribution in [3.63, 3.8) is 0 Å². The number of sulfone groups is 1. The van der Waals surface area contributed by atoms with E-state index in [-0.39, 0.29) is 30.0 Å². The Balaban J connectivity index is 1.82. The highest BCUT2D eigenvalue weighted by molar-refractivity contribution is 7.91. The van der Waals surface area contributed by atoms with Gasteiger partial charge in [0.05, 0.1) is 29.7 Å². The van der Waals surface area contributed by atoms with E-state index in [2.05, 4.69) is 10.6 Å². The van der Waals surface area contributed by atoms with Crippen LogP contribution in [0.5, 0.6) is 0 Å². The summed E-state index contributed by atoms with van der Waals surface area (Å²) in [5.74, 6) is -0.104. The van der Waals surface area contributed by atoms with E-state index >= 15 is 0 Å². The first-order chi connectivity index (χ1) is 9.48. The molecule has 1 unspecified atom stereocenters. The fourth-order valence-electron chi connectivity index (χ4n) is 2.07. The summed E-state index contributed by atoms with van der Waals surface area (Å²) in [4.78, 5) is 11.7. The van der Waals surface area contributed by atoms with Gasteiger partial charge in [-0.25, -0.2) is 8.42 Å². The van der Waals surface area contributed by atoms with Crippen LogP contribution in [0.1, 0.15) is 12.0 Å². The minimum absolute atomic E-state index is 0.0165. The molecule has 1 aromatic carbocycles. The topological polar surface area (TPSA) is 99.1 Å². The summed E-state index contributed by atoms with van der Waals surface area (Å²) in [6.07, 6.45) is 0.470. The predicted octanol–water partition coefficient (Wildman–Crippen LogP) is 0.273. The Bertz CT molecular complexity index is 649. The van der Waals surface area contributed by atoms with Crippen molar-refractivity contribution in [1.29, 1.82) is 5.26 Å². The predicted molar refractivity (Wildman–Crippen MR) is 74.8 cm³/mol. The smallest absolute Gasteiger partial charge is 0.239 e. The zero-order valence-corrected chi connectivity index (χ0v) is 11.6. The van der Waals surface area contributed by atoms with E-state index in [1.54, 1.807) is 24.3 Å². The van der Waals surface area contributed by atoms with Crippen LogP contribution in [-0.2, 0) is 14.6 Å². The molecule has 1 saturated heterocycles. The maximum Gasteiger partial charge on any atom is 0.239 e. The molecule has 6 nitrogen and oxygen atoms in total. The quantitative estimate of drug-likeness (QED) is 0.830. The number of anilines is 1. The SMILES string of the molecule is N#Cc1cccc(NCC(=O)NC2CCS(=O)(=O)C2)c1. The minimum Gasteiger partial charge on any atom is -0.376 e. The number of nitrogens with zero attached hydrogens (tertiary/aromatic N) is 1. The van der Waals surface area contributed by atoms with Crippen LogP contribution in [0, 0.1) is 11.3 Å². The van der Waals surface area contributed by atoms with Crippen molar-refractivity contribution in [2.24, 2.45) is 0 Å². The maximum atomic E-state index is 11.7. The Hall–Kier alpha value is -2.07. The Morgan fingerprint density at radius 2 is 2.25 bits per heavy atom. The fourth-order valence-corrected chi connectivity index (χ4v) is 3.74. The summed E-state index contributed by atoms with van der Waals surface area (Å²) in [6.45, 7) is 0.0471. The lowest BCUT2D eigenvalue weighted by Crippen LogP contribution is -2.39. The van der Waals surface area contributed by atoms with Gasteiger partial charge in [-0.05, 0) is 24.6 Å². The molecule has 0 aromatic heterocycles. The average molecular weight is 293 g/mol. The first-order valence-corrected chi connectivity index (χ1v) is 8.04. The van der Waals surface area contributed by atoms with Crippen LogP contribution in [0.15, 0.2) is 24.3 Å². The monoisotopic (exact) mass is 293 g/mol. The number of benzene rings is 1. The second kappa shape index (κ2) is 5.92. The molecule has 1 aliphatic heterocycles. The summed E-state index contributed by atoms with van der Waals surface area (Å²) in [5.41, 5.74) is 1.19. The van der Waals surface area contributed by atoms with Gasteiger partial charge in [0.2, 0.25) is 5.91 Å². The Morgan fingerprint density at radius 3 is 2.90 bits per heavy atom. The van der Waals surface area contributed by atoms with Crippen molar-refractivity contribution in [3.8, 4) is 6.07 Å². The van der Waals surface area contributed by atoms with Gasteiger partial charge in [0.15, 0.2) is 9.84 Å². The summed E-state index contributed by atoms with van der Waals surface area (Å²) in [7, 11) is -2.99. The number of rotatable bonds is 4. The zero-order valence-electron chi connectivity index (χ0n) is 10.8. The van der Waals surface area contributed by atoms with E-state index in [4.69, 9.17) is 5.26 Å². The first-order valence-electron chi connectivity index (χ1n) is 6.22. The Labute approximate surface area is 117 Å². The molecular formula is C13H15N3O3S. The summed E-state index contributed by atoms with van der Waals surface area (Å²) >= 11 is 0. The molecule has 106 valence electrons. The minimum atomic E-state index is -2.99. The molecule has 0 radical (unpaired) electrons. The van der Waals surface area contributed by atoms with Crippen molar-refractivity contribution in [3.05, 3.63) is 29.8 Å². The van der Waals surface area contributed by atoms with Crippen LogP contribution < -0.4 is 10.6 Å². The van der Waals surface area contributed by atoms with E-state index in [1.165, 1.54) is 0 Å². The molecule has 0 saturated carbocycles. The van der Waals surface area contributed by atoms with E-state index in [0.717, 1.165) is 0 Å². The third-order valence-corrected chi connectivity index (χ3v) is 4.81. The number of hydrogen-bond donors (Lipinski definition) is 2. The van der Waals surface area contributed by atoms with E-state index in [0.29, 0.717) is 17.7 Å². The normalized spacial score (nSPS) is 20.1. The van der Waals surface area contributed by atoms with Crippen molar-refractivity contribution in [1.82, 2.24) is 5.32 Å². The number of amides is 1. The van der Waals surface area contributed by atoms with Gasteiger partial charge in [0, 0.05) is 11.7 Å². The number of hydrogen-bond acceptors (Lipinski definition) is 5. The first kappa shape index (κ1) is 14.3. The van der Waals surface area contributed by atoms with Crippen molar-refractivity contribution in [2.75, 3.05) is 23.4 Å². The maximum absolute atomic E-state index is 11.7. The molecule has 7 heteroatoms. The van der Waals surface area contributed by atoms with Gasteiger partial charge in [-0.1, -0.05) is 6.07 Å². The molecule has 0 spiro atoms.